The van der Waals surface area contributed by atoms with Crippen LogP contribution in [0.2, 0.25) is 0 Å². The maximum absolute atomic E-state index is 12.4. The van der Waals surface area contributed by atoms with Gasteiger partial charge in [0.2, 0.25) is 0 Å². The summed E-state index contributed by atoms with van der Waals surface area (Å²) in [6, 6.07) is 0. The molecule has 1 fully saturated rings. The normalized spacial score (nSPS) is 15.9. The molecule has 5 nitrogen and oxygen atoms in total. The number of carbonyl (C=O) groups is 1. The number of carbonyl (C=O) groups excluding carboxylic acids is 1. The lowest BCUT2D eigenvalue weighted by Crippen LogP contribution is -2.41. The van der Waals surface area contributed by atoms with Crippen molar-refractivity contribution in [3.05, 3.63) is 16.1 Å². The van der Waals surface area contributed by atoms with Crippen LogP contribution in [0.3, 0.4) is 0 Å². The van der Waals surface area contributed by atoms with Gasteiger partial charge in [0.05, 0.1) is 11.1 Å². The minimum atomic E-state index is 0. The average molecular weight is 348 g/mol. The van der Waals surface area contributed by atoms with Gasteiger partial charge in [-0.2, -0.15) is 0 Å². The van der Waals surface area contributed by atoms with Gasteiger partial charge in [-0.15, -0.1) is 23.7 Å². The maximum atomic E-state index is 12.4. The molecule has 2 heterocycles. The monoisotopic (exact) mass is 347 g/mol. The zero-order valence-corrected chi connectivity index (χ0v) is 14.9. The Morgan fingerprint density at radius 2 is 2.18 bits per heavy atom. The van der Waals surface area contributed by atoms with Gasteiger partial charge in [0.15, 0.2) is 0 Å². The molecule has 0 aliphatic carbocycles. The molecule has 2 N–H and O–H groups in total. The van der Waals surface area contributed by atoms with E-state index in [2.05, 4.69) is 18.8 Å². The van der Waals surface area contributed by atoms with Gasteiger partial charge in [-0.25, -0.2) is 4.98 Å². The van der Waals surface area contributed by atoms with Crippen LogP contribution in [0.5, 0.6) is 0 Å². The van der Waals surface area contributed by atoms with Gasteiger partial charge in [-0.1, -0.05) is 13.8 Å². The first-order valence-corrected chi connectivity index (χ1v) is 8.53. The van der Waals surface area contributed by atoms with Gasteiger partial charge in [0.1, 0.15) is 5.69 Å². The van der Waals surface area contributed by atoms with E-state index in [1.807, 2.05) is 10.3 Å². The Labute approximate surface area is 142 Å². The predicted molar refractivity (Wildman–Crippen MR) is 91.8 cm³/mol. The van der Waals surface area contributed by atoms with Crippen LogP contribution in [-0.2, 0) is 11.2 Å². The van der Waals surface area contributed by atoms with Crippen molar-refractivity contribution in [2.75, 3.05) is 26.2 Å². The lowest BCUT2D eigenvalue weighted by molar-refractivity contribution is -0.00241. The summed E-state index contributed by atoms with van der Waals surface area (Å²) in [4.78, 5) is 18.6. The first kappa shape index (κ1) is 19.4. The van der Waals surface area contributed by atoms with Gasteiger partial charge >= 0.3 is 0 Å². The number of thiazole rings is 1. The van der Waals surface area contributed by atoms with E-state index in [0.717, 1.165) is 44.0 Å². The molecule has 1 aliphatic heterocycles. The highest BCUT2D eigenvalue weighted by molar-refractivity contribution is 7.09. The molecule has 0 aromatic carbocycles. The SMILES string of the molecule is CC(C)COC1CCN(C(=O)c2csc(CCN)n2)CC1.Cl. The second kappa shape index (κ2) is 9.45. The Hall–Kier alpha value is -0.690. The molecule has 1 aliphatic rings. The topological polar surface area (TPSA) is 68.5 Å². The molecule has 7 heteroatoms. The van der Waals surface area contributed by atoms with E-state index in [-0.39, 0.29) is 18.3 Å². The quantitative estimate of drug-likeness (QED) is 0.857. The zero-order valence-electron chi connectivity index (χ0n) is 13.3. The second-order valence-corrected chi connectivity index (χ2v) is 6.83. The minimum Gasteiger partial charge on any atom is -0.378 e. The lowest BCUT2D eigenvalue weighted by atomic mass is 10.1. The molecule has 0 atom stereocenters. The minimum absolute atomic E-state index is 0. The summed E-state index contributed by atoms with van der Waals surface area (Å²) < 4.78 is 5.85. The summed E-state index contributed by atoms with van der Waals surface area (Å²) >= 11 is 1.52. The number of amides is 1. The molecule has 2 rings (SSSR count). The molecule has 0 unspecified atom stereocenters. The number of hydrogen-bond acceptors (Lipinski definition) is 5. The average Bonchev–Trinajstić information content (AvgIpc) is 2.94. The third-order valence-corrected chi connectivity index (χ3v) is 4.43. The summed E-state index contributed by atoms with van der Waals surface area (Å²) in [5.74, 6) is 0.595. The highest BCUT2D eigenvalue weighted by Crippen LogP contribution is 2.18. The van der Waals surface area contributed by atoms with Crippen molar-refractivity contribution in [3.63, 3.8) is 0 Å². The smallest absolute Gasteiger partial charge is 0.273 e. The summed E-state index contributed by atoms with van der Waals surface area (Å²) in [6.07, 6.45) is 2.86. The van der Waals surface area contributed by atoms with E-state index >= 15 is 0 Å². The first-order valence-electron chi connectivity index (χ1n) is 7.65. The largest absolute Gasteiger partial charge is 0.378 e. The molecule has 1 aromatic heterocycles. The number of piperidine rings is 1. The molecule has 0 radical (unpaired) electrons. The number of ether oxygens (including phenoxy) is 1. The fourth-order valence-electron chi connectivity index (χ4n) is 2.36. The fraction of sp³-hybridized carbons (Fsp3) is 0.733. The Bertz CT molecular complexity index is 459. The molecule has 1 amide bonds. The van der Waals surface area contributed by atoms with Crippen molar-refractivity contribution in [2.45, 2.75) is 39.2 Å². The van der Waals surface area contributed by atoms with E-state index in [0.29, 0.717) is 24.3 Å². The molecular formula is C15H26ClN3O2S. The van der Waals surface area contributed by atoms with Crippen LogP contribution in [-0.4, -0.2) is 48.1 Å². The van der Waals surface area contributed by atoms with Crippen LogP contribution in [0.25, 0.3) is 0 Å². The molecule has 1 aromatic rings. The number of nitrogens with two attached hydrogens (primary N) is 1. The Morgan fingerprint density at radius 3 is 2.77 bits per heavy atom. The molecule has 1 saturated heterocycles. The molecule has 0 spiro atoms. The predicted octanol–water partition coefficient (Wildman–Crippen LogP) is 2.34. The third kappa shape index (κ3) is 5.50. The Kier molecular flexibility index (Phi) is 8.31. The number of halogens is 1. The van der Waals surface area contributed by atoms with Crippen LogP contribution in [0.15, 0.2) is 5.38 Å². The molecule has 22 heavy (non-hydrogen) atoms. The van der Waals surface area contributed by atoms with Gasteiger partial charge in [-0.3, -0.25) is 4.79 Å². The molecule has 0 bridgehead atoms. The van der Waals surface area contributed by atoms with Crippen molar-refractivity contribution in [2.24, 2.45) is 11.7 Å². The highest BCUT2D eigenvalue weighted by Gasteiger charge is 2.25. The first-order chi connectivity index (χ1) is 10.1. The number of aromatic nitrogens is 1. The summed E-state index contributed by atoms with van der Waals surface area (Å²) in [5.41, 5.74) is 6.07. The molecular weight excluding hydrogens is 322 g/mol. The van der Waals surface area contributed by atoms with Crippen molar-refractivity contribution >= 4 is 29.7 Å². The van der Waals surface area contributed by atoms with Crippen molar-refractivity contribution in [1.82, 2.24) is 9.88 Å². The second-order valence-electron chi connectivity index (χ2n) is 5.88. The van der Waals surface area contributed by atoms with Crippen LogP contribution in [0.1, 0.15) is 42.2 Å². The summed E-state index contributed by atoms with van der Waals surface area (Å²) in [5, 5.41) is 2.78. The number of likely N-dealkylation sites (tertiary alicyclic amines) is 1. The highest BCUT2D eigenvalue weighted by atomic mass is 35.5. The summed E-state index contributed by atoms with van der Waals surface area (Å²) in [6.45, 7) is 7.18. The molecule has 0 saturated carbocycles. The van der Waals surface area contributed by atoms with Crippen LogP contribution in [0.4, 0.5) is 0 Å². The van der Waals surface area contributed by atoms with E-state index in [4.69, 9.17) is 10.5 Å². The standard InChI is InChI=1S/C15H25N3O2S.ClH/c1-11(2)9-20-12-4-7-18(8-5-12)15(19)13-10-21-14(17-13)3-6-16;/h10-12H,3-9,16H2,1-2H3;1H. The maximum Gasteiger partial charge on any atom is 0.273 e. The fourth-order valence-corrected chi connectivity index (χ4v) is 3.15. The van der Waals surface area contributed by atoms with Crippen LogP contribution >= 0.6 is 23.7 Å². The van der Waals surface area contributed by atoms with Crippen molar-refractivity contribution < 1.29 is 9.53 Å². The van der Waals surface area contributed by atoms with Crippen molar-refractivity contribution in [3.8, 4) is 0 Å². The third-order valence-electron chi connectivity index (χ3n) is 3.52. The van der Waals surface area contributed by atoms with Crippen LogP contribution in [0, 0.1) is 5.92 Å². The Balaban J connectivity index is 0.00000242. The summed E-state index contributed by atoms with van der Waals surface area (Å²) in [7, 11) is 0. The van der Waals surface area contributed by atoms with Gasteiger partial charge in [0, 0.05) is 31.5 Å². The van der Waals surface area contributed by atoms with E-state index in [1.165, 1.54) is 11.3 Å². The van der Waals surface area contributed by atoms with Gasteiger partial charge < -0.3 is 15.4 Å². The zero-order chi connectivity index (χ0) is 15.2. The number of hydrogen-bond donors (Lipinski definition) is 1. The van der Waals surface area contributed by atoms with Crippen molar-refractivity contribution in [1.29, 1.82) is 0 Å². The number of nitrogens with zero attached hydrogens (tertiary/aromatic N) is 2. The van der Waals surface area contributed by atoms with E-state index < -0.39 is 0 Å². The van der Waals surface area contributed by atoms with Gasteiger partial charge in [-0.05, 0) is 25.3 Å². The van der Waals surface area contributed by atoms with E-state index in [9.17, 15) is 4.79 Å². The Morgan fingerprint density at radius 1 is 1.50 bits per heavy atom. The number of rotatable bonds is 6. The van der Waals surface area contributed by atoms with E-state index in [1.54, 1.807) is 0 Å². The van der Waals surface area contributed by atoms with Gasteiger partial charge in [0.25, 0.3) is 5.91 Å². The lowest BCUT2D eigenvalue weighted by Gasteiger charge is -2.31. The molecule has 126 valence electrons. The van der Waals surface area contributed by atoms with Crippen LogP contribution < -0.4 is 5.73 Å².